The minimum Gasteiger partial charge on any atom is -0.352 e. The Morgan fingerprint density at radius 1 is 0.941 bits per heavy atom. The van der Waals surface area contributed by atoms with Gasteiger partial charge in [-0.25, -0.2) is 4.98 Å². The lowest BCUT2D eigenvalue weighted by Gasteiger charge is -2.16. The first-order chi connectivity index (χ1) is 24.8. The van der Waals surface area contributed by atoms with Crippen LogP contribution in [-0.2, 0) is 29.0 Å². The number of pyridine rings is 1. The lowest BCUT2D eigenvalue weighted by atomic mass is 9.91. The minimum atomic E-state index is -0.114. The Hall–Kier alpha value is -4.83. The summed E-state index contributed by atoms with van der Waals surface area (Å²) in [5.41, 5.74) is 10.6. The largest absolute Gasteiger partial charge is 0.352 e. The van der Waals surface area contributed by atoms with Crippen molar-refractivity contribution in [3.63, 3.8) is 0 Å². The van der Waals surface area contributed by atoms with Crippen LogP contribution in [-0.4, -0.2) is 52.4 Å². The molecular weight excluding hydrogens is 660 g/mol. The number of hydrogen-bond acceptors (Lipinski definition) is 6. The zero-order valence-electron chi connectivity index (χ0n) is 28.6. The van der Waals surface area contributed by atoms with Gasteiger partial charge in [-0.1, -0.05) is 66.2 Å². The van der Waals surface area contributed by atoms with Crippen LogP contribution < -0.4 is 26.8 Å². The van der Waals surface area contributed by atoms with Gasteiger partial charge in [0, 0.05) is 60.7 Å². The first-order valence-corrected chi connectivity index (χ1v) is 18.3. The highest BCUT2D eigenvalue weighted by Crippen LogP contribution is 2.41. The van der Waals surface area contributed by atoms with Crippen LogP contribution in [0, 0.1) is 6.92 Å². The normalized spacial score (nSPS) is 19.7. The molecule has 2 fully saturated rings. The second-order valence-electron chi connectivity index (χ2n) is 14.1. The standard InChI is InChI=1S/C41H41ClN6O3/c1-24-32(27-14-16-48-37(20-27)45-22-29(41(48)51)21-43-23-30-12-13-38(49)46-30)5-2-6-33(24)35-8-3-7-34(39(35)42)26-11-10-25-18-31(19-28(25)17-26)47-40(50)36-9-4-15-44-36/h2-3,5-8,10-11,14,16-17,20,22,30-31,36,43-44H,4,9,12-13,15,18-19,21,23H2,1H3,(H,46,49)(H,47,50)/t30-,31-,36?/m0/s1. The third kappa shape index (κ3) is 6.69. The molecule has 0 radical (unpaired) electrons. The quantitative estimate of drug-likeness (QED) is 0.165. The molecule has 3 atom stereocenters. The third-order valence-corrected chi connectivity index (χ3v) is 11.1. The van der Waals surface area contributed by atoms with Gasteiger partial charge in [0.15, 0.2) is 0 Å². The summed E-state index contributed by atoms with van der Waals surface area (Å²) in [7, 11) is 0. The molecule has 1 aliphatic carbocycles. The van der Waals surface area contributed by atoms with E-state index in [0.29, 0.717) is 35.7 Å². The number of fused-ring (bicyclic) bond motifs is 2. The summed E-state index contributed by atoms with van der Waals surface area (Å²) >= 11 is 7.22. The van der Waals surface area contributed by atoms with Crippen molar-refractivity contribution in [2.24, 2.45) is 0 Å². The van der Waals surface area contributed by atoms with E-state index in [4.69, 9.17) is 11.6 Å². The highest BCUT2D eigenvalue weighted by molar-refractivity contribution is 6.36. The molecule has 3 aliphatic rings. The summed E-state index contributed by atoms with van der Waals surface area (Å²) < 4.78 is 1.58. The Bertz CT molecular complexity index is 2230. The van der Waals surface area contributed by atoms with E-state index < -0.39 is 0 Å². The van der Waals surface area contributed by atoms with Crippen molar-refractivity contribution in [3.05, 3.63) is 117 Å². The molecular formula is C41H41ClN6O3. The molecule has 3 aromatic carbocycles. The fraction of sp³-hybridized carbons (Fsp3) is 0.317. The number of hydrogen-bond donors (Lipinski definition) is 4. The molecule has 10 heteroatoms. The van der Waals surface area contributed by atoms with Gasteiger partial charge in [0.05, 0.1) is 11.1 Å². The molecule has 9 nitrogen and oxygen atoms in total. The average molecular weight is 701 g/mol. The van der Waals surface area contributed by atoms with E-state index in [2.05, 4.69) is 81.7 Å². The van der Waals surface area contributed by atoms with Crippen molar-refractivity contribution in [2.75, 3.05) is 13.1 Å². The Morgan fingerprint density at radius 3 is 2.53 bits per heavy atom. The third-order valence-electron chi connectivity index (χ3n) is 10.7. The molecule has 4 heterocycles. The van der Waals surface area contributed by atoms with Crippen LogP contribution in [0.1, 0.15) is 47.9 Å². The number of rotatable bonds is 9. The summed E-state index contributed by atoms with van der Waals surface area (Å²) in [4.78, 5) is 42.1. The number of carbonyl (C=O) groups excluding carboxylic acids is 2. The van der Waals surface area contributed by atoms with E-state index in [0.717, 1.165) is 77.6 Å². The van der Waals surface area contributed by atoms with Gasteiger partial charge in [0.1, 0.15) is 5.65 Å². The fourth-order valence-electron chi connectivity index (χ4n) is 7.91. The fourth-order valence-corrected chi connectivity index (χ4v) is 8.25. The first kappa shape index (κ1) is 33.3. The molecule has 260 valence electrons. The van der Waals surface area contributed by atoms with Crippen molar-refractivity contribution < 1.29 is 9.59 Å². The Kier molecular flexibility index (Phi) is 9.19. The van der Waals surface area contributed by atoms with Gasteiger partial charge < -0.3 is 21.3 Å². The highest BCUT2D eigenvalue weighted by atomic mass is 35.5. The summed E-state index contributed by atoms with van der Waals surface area (Å²) in [6, 6.07) is 23.0. The van der Waals surface area contributed by atoms with Crippen LogP contribution in [0.25, 0.3) is 39.0 Å². The molecule has 0 bridgehead atoms. The number of nitrogens with zero attached hydrogens (tertiary/aromatic N) is 2. The highest BCUT2D eigenvalue weighted by Gasteiger charge is 2.28. The van der Waals surface area contributed by atoms with Gasteiger partial charge in [0.2, 0.25) is 11.8 Å². The molecule has 4 N–H and O–H groups in total. The predicted octanol–water partition coefficient (Wildman–Crippen LogP) is 5.36. The zero-order valence-corrected chi connectivity index (χ0v) is 29.4. The van der Waals surface area contributed by atoms with Gasteiger partial charge in [-0.2, -0.15) is 0 Å². The van der Waals surface area contributed by atoms with Crippen LogP contribution in [0.3, 0.4) is 0 Å². The summed E-state index contributed by atoms with van der Waals surface area (Å²) in [5.74, 6) is 0.186. The van der Waals surface area contributed by atoms with Gasteiger partial charge in [-0.3, -0.25) is 18.8 Å². The summed E-state index contributed by atoms with van der Waals surface area (Å²) in [5, 5.41) is 13.5. The molecule has 0 saturated carbocycles. The zero-order chi connectivity index (χ0) is 35.1. The Balaban J connectivity index is 1.01. The van der Waals surface area contributed by atoms with E-state index in [1.807, 2.05) is 18.2 Å². The van der Waals surface area contributed by atoms with Crippen molar-refractivity contribution in [2.45, 2.75) is 70.1 Å². The SMILES string of the molecule is Cc1c(-c2ccn3c(=O)c(CNC[C@@H]4CCC(=O)N4)cnc3c2)cccc1-c1cccc(-c2ccc3c(c2)C[C@@H](NC(=O)C2CCCN2)C3)c1Cl. The molecule has 2 saturated heterocycles. The maximum absolute atomic E-state index is 13.3. The molecule has 1 unspecified atom stereocenters. The van der Waals surface area contributed by atoms with Crippen molar-refractivity contribution in [1.29, 1.82) is 0 Å². The number of aromatic nitrogens is 2. The average Bonchev–Trinajstić information content (AvgIpc) is 3.91. The van der Waals surface area contributed by atoms with Crippen LogP contribution >= 0.6 is 11.6 Å². The monoisotopic (exact) mass is 700 g/mol. The molecule has 2 amide bonds. The van der Waals surface area contributed by atoms with E-state index in [9.17, 15) is 14.4 Å². The van der Waals surface area contributed by atoms with E-state index in [1.54, 1.807) is 16.8 Å². The molecule has 2 aliphatic heterocycles. The molecule has 2 aromatic heterocycles. The van der Waals surface area contributed by atoms with Crippen LogP contribution in [0.4, 0.5) is 0 Å². The molecule has 8 rings (SSSR count). The maximum Gasteiger partial charge on any atom is 0.262 e. The topological polar surface area (TPSA) is 117 Å². The summed E-state index contributed by atoms with van der Waals surface area (Å²) in [6.45, 7) is 4.00. The Labute approximate surface area is 301 Å². The van der Waals surface area contributed by atoms with Crippen LogP contribution in [0.2, 0.25) is 5.02 Å². The van der Waals surface area contributed by atoms with Crippen molar-refractivity contribution in [1.82, 2.24) is 30.7 Å². The van der Waals surface area contributed by atoms with Crippen molar-refractivity contribution in [3.8, 4) is 33.4 Å². The summed E-state index contributed by atoms with van der Waals surface area (Å²) in [6.07, 6.45) is 8.38. The minimum absolute atomic E-state index is 0.0729. The predicted molar refractivity (Wildman–Crippen MR) is 201 cm³/mol. The molecule has 0 spiro atoms. The van der Waals surface area contributed by atoms with Crippen molar-refractivity contribution >= 4 is 29.1 Å². The van der Waals surface area contributed by atoms with E-state index in [-0.39, 0.29) is 35.5 Å². The van der Waals surface area contributed by atoms with Gasteiger partial charge in [0.25, 0.3) is 5.56 Å². The number of amides is 2. The lowest BCUT2D eigenvalue weighted by Crippen LogP contribution is -2.45. The lowest BCUT2D eigenvalue weighted by molar-refractivity contribution is -0.123. The number of nitrogens with one attached hydrogen (secondary N) is 4. The number of carbonyl (C=O) groups is 2. The van der Waals surface area contributed by atoms with Crippen LogP contribution in [0.5, 0.6) is 0 Å². The second kappa shape index (κ2) is 14.1. The van der Waals surface area contributed by atoms with Crippen LogP contribution in [0.15, 0.2) is 83.9 Å². The van der Waals surface area contributed by atoms with Gasteiger partial charge in [-0.05, 0) is 96.6 Å². The maximum atomic E-state index is 13.3. The number of halogens is 1. The van der Waals surface area contributed by atoms with Gasteiger partial charge in [-0.15, -0.1) is 0 Å². The van der Waals surface area contributed by atoms with E-state index >= 15 is 0 Å². The number of benzene rings is 3. The van der Waals surface area contributed by atoms with E-state index in [1.165, 1.54) is 11.1 Å². The smallest absolute Gasteiger partial charge is 0.262 e. The molecule has 51 heavy (non-hydrogen) atoms. The first-order valence-electron chi connectivity index (χ1n) is 17.9. The Morgan fingerprint density at radius 2 is 1.73 bits per heavy atom. The van der Waals surface area contributed by atoms with Gasteiger partial charge >= 0.3 is 0 Å². The second-order valence-corrected chi connectivity index (χ2v) is 14.4. The molecule has 5 aromatic rings.